The summed E-state index contributed by atoms with van der Waals surface area (Å²) in [7, 11) is 1.73. The van der Waals surface area contributed by atoms with E-state index in [9.17, 15) is 4.79 Å². The third kappa shape index (κ3) is 2.79. The SMILES string of the molecule is CC(c1ccco1)N(C)C(=O)/C=C/c1nc2ccccc2o1. The molecule has 3 rings (SSSR count). The van der Waals surface area contributed by atoms with Crippen molar-refractivity contribution in [2.75, 3.05) is 7.05 Å². The third-order valence-electron chi connectivity index (χ3n) is 3.56. The van der Waals surface area contributed by atoms with Crippen LogP contribution in [0.3, 0.4) is 0 Å². The highest BCUT2D eigenvalue weighted by atomic mass is 16.3. The number of benzene rings is 1. The summed E-state index contributed by atoms with van der Waals surface area (Å²) in [5.74, 6) is 1.01. The molecule has 1 amide bonds. The van der Waals surface area contributed by atoms with E-state index in [2.05, 4.69) is 4.98 Å². The summed E-state index contributed by atoms with van der Waals surface area (Å²) in [6, 6.07) is 11.0. The Balaban J connectivity index is 1.72. The molecule has 0 aliphatic heterocycles. The number of rotatable bonds is 4. The monoisotopic (exact) mass is 296 g/mol. The number of furan rings is 1. The van der Waals surface area contributed by atoms with Crippen molar-refractivity contribution in [3.05, 3.63) is 60.4 Å². The Labute approximate surface area is 127 Å². The van der Waals surface area contributed by atoms with E-state index in [1.165, 1.54) is 6.08 Å². The normalized spacial score (nSPS) is 12.8. The van der Waals surface area contributed by atoms with Gasteiger partial charge in [0.25, 0.3) is 0 Å². The summed E-state index contributed by atoms with van der Waals surface area (Å²) < 4.78 is 10.9. The predicted octanol–water partition coefficient (Wildman–Crippen LogP) is 3.65. The number of fused-ring (bicyclic) bond motifs is 1. The Bertz CT molecular complexity index is 769. The molecular weight excluding hydrogens is 280 g/mol. The molecule has 2 aromatic heterocycles. The second kappa shape index (κ2) is 5.89. The Morgan fingerprint density at radius 1 is 1.27 bits per heavy atom. The van der Waals surface area contributed by atoms with E-state index < -0.39 is 0 Å². The van der Waals surface area contributed by atoms with Crippen molar-refractivity contribution in [1.29, 1.82) is 0 Å². The van der Waals surface area contributed by atoms with Gasteiger partial charge in [0, 0.05) is 19.2 Å². The van der Waals surface area contributed by atoms with Gasteiger partial charge < -0.3 is 13.7 Å². The van der Waals surface area contributed by atoms with Crippen molar-refractivity contribution in [2.45, 2.75) is 13.0 Å². The second-order valence-electron chi connectivity index (χ2n) is 4.99. The summed E-state index contributed by atoms with van der Waals surface area (Å²) in [5.41, 5.74) is 1.47. The number of aromatic nitrogens is 1. The standard InChI is InChI=1S/C17H16N2O3/c1-12(14-8-5-11-21-14)19(2)17(20)10-9-16-18-13-6-3-4-7-15(13)22-16/h3-12H,1-2H3/b10-9+. The molecule has 0 aliphatic rings. The van der Waals surface area contributed by atoms with Gasteiger partial charge in [-0.2, -0.15) is 0 Å². The average Bonchev–Trinajstić information content (AvgIpc) is 3.19. The van der Waals surface area contributed by atoms with Gasteiger partial charge in [0.2, 0.25) is 11.8 Å². The van der Waals surface area contributed by atoms with Crippen molar-refractivity contribution in [3.8, 4) is 0 Å². The van der Waals surface area contributed by atoms with Gasteiger partial charge in [0.05, 0.1) is 12.3 Å². The molecule has 0 bridgehead atoms. The first-order valence-corrected chi connectivity index (χ1v) is 6.99. The van der Waals surface area contributed by atoms with Gasteiger partial charge in [0.15, 0.2) is 5.58 Å². The highest BCUT2D eigenvalue weighted by molar-refractivity contribution is 5.91. The minimum atomic E-state index is -0.147. The fourth-order valence-electron chi connectivity index (χ4n) is 2.13. The van der Waals surface area contributed by atoms with Crippen molar-refractivity contribution in [2.24, 2.45) is 0 Å². The number of amides is 1. The minimum absolute atomic E-state index is 0.143. The van der Waals surface area contributed by atoms with Gasteiger partial charge in [-0.3, -0.25) is 4.79 Å². The lowest BCUT2D eigenvalue weighted by molar-refractivity contribution is -0.126. The van der Waals surface area contributed by atoms with Crippen LogP contribution in [0.5, 0.6) is 0 Å². The molecule has 0 aliphatic carbocycles. The van der Waals surface area contributed by atoms with Crippen LogP contribution in [-0.4, -0.2) is 22.8 Å². The molecule has 0 saturated heterocycles. The number of nitrogens with zero attached hydrogens (tertiary/aromatic N) is 2. The molecule has 0 radical (unpaired) electrons. The Morgan fingerprint density at radius 2 is 2.09 bits per heavy atom. The molecule has 0 N–H and O–H groups in total. The highest BCUT2D eigenvalue weighted by Gasteiger charge is 2.17. The number of para-hydroxylation sites is 2. The first-order chi connectivity index (χ1) is 10.6. The topological polar surface area (TPSA) is 59.5 Å². The number of carbonyl (C=O) groups is 1. The van der Waals surface area contributed by atoms with E-state index in [0.29, 0.717) is 11.5 Å². The summed E-state index contributed by atoms with van der Waals surface area (Å²) >= 11 is 0. The zero-order valence-corrected chi connectivity index (χ0v) is 12.4. The van der Waals surface area contributed by atoms with Gasteiger partial charge in [-0.05, 0) is 31.2 Å². The molecule has 1 aromatic carbocycles. The van der Waals surface area contributed by atoms with Crippen LogP contribution in [0.15, 0.2) is 57.6 Å². The number of oxazole rings is 1. The molecule has 5 nitrogen and oxygen atoms in total. The van der Waals surface area contributed by atoms with Gasteiger partial charge in [-0.15, -0.1) is 0 Å². The van der Waals surface area contributed by atoms with Gasteiger partial charge in [0.1, 0.15) is 11.3 Å². The quantitative estimate of drug-likeness (QED) is 0.689. The fourth-order valence-corrected chi connectivity index (χ4v) is 2.13. The lowest BCUT2D eigenvalue weighted by Gasteiger charge is -2.21. The molecule has 0 saturated carbocycles. The molecule has 1 atom stereocenters. The van der Waals surface area contributed by atoms with Crippen molar-refractivity contribution in [1.82, 2.24) is 9.88 Å². The van der Waals surface area contributed by atoms with E-state index in [4.69, 9.17) is 8.83 Å². The average molecular weight is 296 g/mol. The van der Waals surface area contributed by atoms with Crippen LogP contribution in [0.2, 0.25) is 0 Å². The maximum atomic E-state index is 12.2. The van der Waals surface area contributed by atoms with E-state index >= 15 is 0 Å². The fraction of sp³-hybridized carbons (Fsp3) is 0.176. The molecular formula is C17H16N2O3. The zero-order valence-electron chi connectivity index (χ0n) is 12.4. The summed E-state index contributed by atoms with van der Waals surface area (Å²) in [6.45, 7) is 1.91. The van der Waals surface area contributed by atoms with Crippen LogP contribution in [-0.2, 0) is 4.79 Å². The van der Waals surface area contributed by atoms with Crippen LogP contribution in [0, 0.1) is 0 Å². The molecule has 5 heteroatoms. The van der Waals surface area contributed by atoms with Crippen molar-refractivity contribution in [3.63, 3.8) is 0 Å². The lowest BCUT2D eigenvalue weighted by atomic mass is 10.2. The Hall–Kier alpha value is -2.82. The van der Waals surface area contributed by atoms with Crippen molar-refractivity contribution < 1.29 is 13.6 Å². The van der Waals surface area contributed by atoms with Crippen LogP contribution in [0.1, 0.15) is 24.6 Å². The smallest absolute Gasteiger partial charge is 0.247 e. The van der Waals surface area contributed by atoms with Crippen LogP contribution in [0.25, 0.3) is 17.2 Å². The predicted molar refractivity (Wildman–Crippen MR) is 82.9 cm³/mol. The first-order valence-electron chi connectivity index (χ1n) is 6.99. The molecule has 1 unspecified atom stereocenters. The molecule has 112 valence electrons. The van der Waals surface area contributed by atoms with Gasteiger partial charge in [-0.1, -0.05) is 12.1 Å². The van der Waals surface area contributed by atoms with E-state index in [1.807, 2.05) is 37.3 Å². The summed E-state index contributed by atoms with van der Waals surface area (Å²) in [4.78, 5) is 18.1. The number of likely N-dealkylation sites (N-methyl/N-ethyl adjacent to an activating group) is 1. The third-order valence-corrected chi connectivity index (χ3v) is 3.56. The molecule has 0 spiro atoms. The summed E-state index contributed by atoms with van der Waals surface area (Å²) in [6.07, 6.45) is 4.62. The van der Waals surface area contributed by atoms with Crippen LogP contribution in [0.4, 0.5) is 0 Å². The number of hydrogen-bond donors (Lipinski definition) is 0. The lowest BCUT2D eigenvalue weighted by Crippen LogP contribution is -2.27. The highest BCUT2D eigenvalue weighted by Crippen LogP contribution is 2.20. The van der Waals surface area contributed by atoms with E-state index in [1.54, 1.807) is 30.4 Å². The molecule has 3 aromatic rings. The maximum Gasteiger partial charge on any atom is 0.247 e. The number of hydrogen-bond acceptors (Lipinski definition) is 4. The van der Waals surface area contributed by atoms with E-state index in [0.717, 1.165) is 11.3 Å². The van der Waals surface area contributed by atoms with Crippen LogP contribution < -0.4 is 0 Å². The molecule has 22 heavy (non-hydrogen) atoms. The van der Waals surface area contributed by atoms with Gasteiger partial charge >= 0.3 is 0 Å². The Kier molecular flexibility index (Phi) is 3.78. The Morgan fingerprint density at radius 3 is 2.82 bits per heavy atom. The minimum Gasteiger partial charge on any atom is -0.467 e. The van der Waals surface area contributed by atoms with Crippen molar-refractivity contribution >= 4 is 23.1 Å². The summed E-state index contributed by atoms with van der Waals surface area (Å²) in [5, 5.41) is 0. The van der Waals surface area contributed by atoms with Gasteiger partial charge in [-0.25, -0.2) is 4.98 Å². The second-order valence-corrected chi connectivity index (χ2v) is 4.99. The van der Waals surface area contributed by atoms with E-state index in [-0.39, 0.29) is 11.9 Å². The van der Waals surface area contributed by atoms with Crippen LogP contribution >= 0.6 is 0 Å². The zero-order chi connectivity index (χ0) is 15.5. The first kappa shape index (κ1) is 14.1. The maximum absolute atomic E-state index is 12.2. The largest absolute Gasteiger partial charge is 0.467 e. The molecule has 2 heterocycles. The number of carbonyl (C=O) groups excluding carboxylic acids is 1. The molecule has 0 fully saturated rings.